The van der Waals surface area contributed by atoms with Crippen LogP contribution in [0.15, 0.2) is 18.2 Å². The van der Waals surface area contributed by atoms with E-state index < -0.39 is 0 Å². The number of hydrogen-bond donors (Lipinski definition) is 0. The van der Waals surface area contributed by atoms with Crippen LogP contribution in [0.5, 0.6) is 11.5 Å². The molecule has 0 aliphatic heterocycles. The maximum absolute atomic E-state index is 12.6. The zero-order valence-electron chi connectivity index (χ0n) is 31.5. The maximum atomic E-state index is 12.6. The van der Waals surface area contributed by atoms with Crippen LogP contribution in [-0.2, 0) is 9.59 Å². The highest BCUT2D eigenvalue weighted by atomic mass is 16.6. The molecule has 272 valence electrons. The van der Waals surface area contributed by atoms with Gasteiger partial charge < -0.3 is 9.47 Å². The summed E-state index contributed by atoms with van der Waals surface area (Å²) in [5.41, 5.74) is 0.812. The Morgan fingerprint density at radius 1 is 0.426 bits per heavy atom. The fourth-order valence-corrected chi connectivity index (χ4v) is 6.46. The zero-order chi connectivity index (χ0) is 34.0. The van der Waals surface area contributed by atoms with Crippen molar-refractivity contribution in [2.45, 2.75) is 226 Å². The number of esters is 2. The molecule has 0 aromatic heterocycles. The number of unbranched alkanes of at least 4 members (excludes halogenated alkanes) is 28. The minimum absolute atomic E-state index is 0.242. The topological polar surface area (TPSA) is 52.6 Å². The third-order valence-electron chi connectivity index (χ3n) is 9.58. The molecule has 0 aliphatic rings. The second-order valence-corrected chi connectivity index (χ2v) is 14.2. The van der Waals surface area contributed by atoms with Gasteiger partial charge in [0.25, 0.3) is 0 Å². The normalized spacial score (nSPS) is 11.2. The van der Waals surface area contributed by atoms with Crippen molar-refractivity contribution in [3.8, 4) is 11.5 Å². The van der Waals surface area contributed by atoms with Crippen molar-refractivity contribution in [3.63, 3.8) is 0 Å². The summed E-state index contributed by atoms with van der Waals surface area (Å²) in [6.07, 6.45) is 39.8. The van der Waals surface area contributed by atoms with Crippen molar-refractivity contribution in [2.75, 3.05) is 0 Å². The van der Waals surface area contributed by atoms with E-state index in [1.165, 1.54) is 167 Å². The van der Waals surface area contributed by atoms with Crippen LogP contribution in [0, 0.1) is 6.92 Å². The quantitative estimate of drug-likeness (QED) is 0.0421. The van der Waals surface area contributed by atoms with Crippen LogP contribution in [0.25, 0.3) is 0 Å². The van der Waals surface area contributed by atoms with Crippen molar-refractivity contribution in [1.82, 2.24) is 0 Å². The van der Waals surface area contributed by atoms with E-state index in [9.17, 15) is 9.59 Å². The molecule has 4 heteroatoms. The fourth-order valence-electron chi connectivity index (χ4n) is 6.46. The van der Waals surface area contributed by atoms with Crippen LogP contribution >= 0.6 is 0 Å². The molecule has 0 unspecified atom stereocenters. The second-order valence-electron chi connectivity index (χ2n) is 14.2. The van der Waals surface area contributed by atoms with Gasteiger partial charge >= 0.3 is 11.9 Å². The summed E-state index contributed by atoms with van der Waals surface area (Å²) < 4.78 is 11.4. The van der Waals surface area contributed by atoms with Gasteiger partial charge in [0.2, 0.25) is 0 Å². The van der Waals surface area contributed by atoms with E-state index in [1.807, 2.05) is 19.1 Å². The first-order valence-corrected chi connectivity index (χ1v) is 20.6. The number of aryl methyl sites for hydroxylation is 1. The largest absolute Gasteiger partial charge is 0.423 e. The van der Waals surface area contributed by atoms with Gasteiger partial charge in [-0.2, -0.15) is 0 Å². The van der Waals surface area contributed by atoms with Gasteiger partial charge in [-0.1, -0.05) is 206 Å². The van der Waals surface area contributed by atoms with Crippen LogP contribution < -0.4 is 9.47 Å². The van der Waals surface area contributed by atoms with E-state index in [2.05, 4.69) is 13.8 Å². The Bertz CT molecular complexity index is 863. The summed E-state index contributed by atoms with van der Waals surface area (Å²) in [5.74, 6) is 0.266. The Morgan fingerprint density at radius 3 is 1.06 bits per heavy atom. The van der Waals surface area contributed by atoms with E-state index in [1.54, 1.807) is 6.07 Å². The lowest BCUT2D eigenvalue weighted by Crippen LogP contribution is -2.12. The third-order valence-corrected chi connectivity index (χ3v) is 9.58. The lowest BCUT2D eigenvalue weighted by molar-refractivity contribution is -0.137. The molecule has 47 heavy (non-hydrogen) atoms. The van der Waals surface area contributed by atoms with Crippen molar-refractivity contribution >= 4 is 11.9 Å². The van der Waals surface area contributed by atoms with Crippen molar-refractivity contribution in [1.29, 1.82) is 0 Å². The molecule has 4 nitrogen and oxygen atoms in total. The predicted molar refractivity (Wildman–Crippen MR) is 202 cm³/mol. The van der Waals surface area contributed by atoms with Gasteiger partial charge in [0.05, 0.1) is 0 Å². The molecule has 0 bridgehead atoms. The molecule has 1 rings (SSSR count). The number of carbonyl (C=O) groups excluding carboxylic acids is 2. The van der Waals surface area contributed by atoms with Crippen LogP contribution in [0.2, 0.25) is 0 Å². The van der Waals surface area contributed by atoms with Crippen molar-refractivity contribution < 1.29 is 19.1 Å². The average molecular weight is 657 g/mol. The molecule has 0 saturated heterocycles. The highest BCUT2D eigenvalue weighted by Gasteiger charge is 2.16. The molecule has 0 radical (unpaired) electrons. The number of benzene rings is 1. The molecule has 0 saturated carbocycles. The molecule has 0 spiro atoms. The molecule has 1 aromatic rings. The Hall–Kier alpha value is -1.84. The van der Waals surface area contributed by atoms with E-state index in [0.29, 0.717) is 24.3 Å². The first kappa shape index (κ1) is 43.2. The van der Waals surface area contributed by atoms with Gasteiger partial charge in [0.1, 0.15) is 0 Å². The highest BCUT2D eigenvalue weighted by Crippen LogP contribution is 2.32. The SMILES string of the molecule is CCCCCCCCCCCCCCCCCC(=O)Oc1cccc(C)c1OC(=O)CCCCCCCCCCCCCCCCC. The maximum Gasteiger partial charge on any atom is 0.311 e. The predicted octanol–water partition coefficient (Wildman–Crippen LogP) is 14.3. The molecule has 0 amide bonds. The molecular weight excluding hydrogens is 580 g/mol. The van der Waals surface area contributed by atoms with Gasteiger partial charge in [0, 0.05) is 12.8 Å². The van der Waals surface area contributed by atoms with E-state index in [-0.39, 0.29) is 11.9 Å². The molecule has 0 fully saturated rings. The number of para-hydroxylation sites is 1. The van der Waals surface area contributed by atoms with Gasteiger partial charge in [-0.15, -0.1) is 0 Å². The first-order valence-electron chi connectivity index (χ1n) is 20.6. The number of carbonyl (C=O) groups is 2. The van der Waals surface area contributed by atoms with Gasteiger partial charge in [0.15, 0.2) is 11.5 Å². The lowest BCUT2D eigenvalue weighted by atomic mass is 10.0. The number of rotatable bonds is 34. The summed E-state index contributed by atoms with van der Waals surface area (Å²) >= 11 is 0. The van der Waals surface area contributed by atoms with Gasteiger partial charge in [-0.3, -0.25) is 9.59 Å². The van der Waals surface area contributed by atoms with Crippen LogP contribution in [0.4, 0.5) is 0 Å². The Kier molecular flexibility index (Phi) is 30.0. The lowest BCUT2D eigenvalue weighted by Gasteiger charge is -2.13. The number of hydrogen-bond acceptors (Lipinski definition) is 4. The van der Waals surface area contributed by atoms with Gasteiger partial charge in [-0.25, -0.2) is 0 Å². The zero-order valence-corrected chi connectivity index (χ0v) is 31.5. The average Bonchev–Trinajstić information content (AvgIpc) is 3.06. The Labute approximate surface area is 291 Å². The van der Waals surface area contributed by atoms with Crippen LogP contribution in [-0.4, -0.2) is 11.9 Å². The minimum atomic E-state index is -0.245. The summed E-state index contributed by atoms with van der Waals surface area (Å²) in [6, 6.07) is 5.47. The van der Waals surface area contributed by atoms with E-state index in [4.69, 9.17) is 9.47 Å². The highest BCUT2D eigenvalue weighted by molar-refractivity contribution is 5.76. The molecule has 0 heterocycles. The van der Waals surface area contributed by atoms with E-state index in [0.717, 1.165) is 31.2 Å². The fraction of sp³-hybridized carbons (Fsp3) is 0.814. The monoisotopic (exact) mass is 657 g/mol. The van der Waals surface area contributed by atoms with Crippen LogP contribution in [0.1, 0.15) is 225 Å². The first-order chi connectivity index (χ1) is 23.1. The standard InChI is InChI=1S/C43H76O4/c1-4-6-8-10-12-14-16-18-20-22-24-26-28-30-32-37-41(44)46-40-36-34-35-39(3)43(40)47-42(45)38-33-31-29-27-25-23-21-19-17-15-13-11-9-7-5-2/h34-36H,4-33,37-38H2,1-3H3. The Morgan fingerprint density at radius 2 is 0.723 bits per heavy atom. The van der Waals surface area contributed by atoms with Crippen LogP contribution in [0.3, 0.4) is 0 Å². The molecule has 0 aliphatic carbocycles. The summed E-state index contributed by atoms with van der Waals surface area (Å²) in [6.45, 7) is 6.44. The molecule has 1 aromatic carbocycles. The Balaban J connectivity index is 2.07. The second kappa shape index (κ2) is 32.7. The summed E-state index contributed by atoms with van der Waals surface area (Å²) in [4.78, 5) is 25.2. The van der Waals surface area contributed by atoms with Crippen molar-refractivity contribution in [2.24, 2.45) is 0 Å². The molecule has 0 N–H and O–H groups in total. The third kappa shape index (κ3) is 26.8. The molecular formula is C43H76O4. The minimum Gasteiger partial charge on any atom is -0.423 e. The summed E-state index contributed by atoms with van der Waals surface area (Å²) in [5, 5.41) is 0. The van der Waals surface area contributed by atoms with Crippen molar-refractivity contribution in [3.05, 3.63) is 23.8 Å². The van der Waals surface area contributed by atoms with Gasteiger partial charge in [-0.05, 0) is 31.4 Å². The number of ether oxygens (including phenoxy) is 2. The smallest absolute Gasteiger partial charge is 0.311 e. The molecule has 0 atom stereocenters. The summed E-state index contributed by atoms with van der Waals surface area (Å²) in [7, 11) is 0. The van der Waals surface area contributed by atoms with E-state index >= 15 is 0 Å².